The molecule has 0 unspecified atom stereocenters. The number of anilines is 1. The molecule has 1 atom stereocenters. The average Bonchev–Trinajstić information content (AvgIpc) is 2.54. The number of aromatic nitrogens is 2. The van der Waals surface area contributed by atoms with Gasteiger partial charge in [0.25, 0.3) is 5.56 Å². The number of nitrogens with two attached hydrogens (primary N) is 1. The first kappa shape index (κ1) is 18.6. The van der Waals surface area contributed by atoms with Gasteiger partial charge in [0, 0.05) is 19.0 Å². The lowest BCUT2D eigenvalue weighted by Crippen LogP contribution is -2.42. The first-order valence-corrected chi connectivity index (χ1v) is 8.50. The molecule has 0 spiro atoms. The topological polar surface area (TPSA) is 87.1 Å². The highest BCUT2D eigenvalue weighted by atomic mass is 35.5. The Balaban J connectivity index is 2.47. The van der Waals surface area contributed by atoms with E-state index in [1.165, 1.54) is 14.1 Å². The molecule has 128 valence electrons. The van der Waals surface area contributed by atoms with Gasteiger partial charge in [-0.05, 0) is 19.1 Å². The number of rotatable bonds is 4. The number of carbonyl (C=O) groups is 1. The maximum atomic E-state index is 12.7. The van der Waals surface area contributed by atoms with Crippen LogP contribution in [0.3, 0.4) is 0 Å². The van der Waals surface area contributed by atoms with Crippen molar-refractivity contribution in [2.75, 3.05) is 5.73 Å². The zero-order valence-electron chi connectivity index (χ0n) is 13.2. The molecule has 0 aliphatic heterocycles. The molecule has 6 nitrogen and oxygen atoms in total. The minimum absolute atomic E-state index is 0.161. The minimum Gasteiger partial charge on any atom is -0.384 e. The van der Waals surface area contributed by atoms with Crippen molar-refractivity contribution in [3.8, 4) is 0 Å². The van der Waals surface area contributed by atoms with E-state index in [4.69, 9.17) is 28.9 Å². The van der Waals surface area contributed by atoms with E-state index >= 15 is 0 Å². The number of nitrogen functional groups attached to an aromatic ring is 1. The predicted octanol–water partition coefficient (Wildman–Crippen LogP) is 2.34. The van der Waals surface area contributed by atoms with Crippen LogP contribution in [0.15, 0.2) is 32.7 Å². The second kappa shape index (κ2) is 7.04. The summed E-state index contributed by atoms with van der Waals surface area (Å²) >= 11 is 13.3. The van der Waals surface area contributed by atoms with Crippen LogP contribution in [0.25, 0.3) is 0 Å². The molecule has 0 aliphatic carbocycles. The average molecular weight is 388 g/mol. The lowest BCUT2D eigenvalue weighted by Gasteiger charge is -2.15. The Morgan fingerprint density at radius 1 is 1.17 bits per heavy atom. The maximum absolute atomic E-state index is 12.7. The van der Waals surface area contributed by atoms with E-state index in [1.54, 1.807) is 25.1 Å². The fourth-order valence-corrected chi connectivity index (χ4v) is 3.72. The lowest BCUT2D eigenvalue weighted by molar-refractivity contribution is 0.0992. The number of hydrogen-bond acceptors (Lipinski definition) is 5. The van der Waals surface area contributed by atoms with Crippen molar-refractivity contribution in [2.24, 2.45) is 14.1 Å². The summed E-state index contributed by atoms with van der Waals surface area (Å²) in [6.07, 6.45) is 0. The smallest absolute Gasteiger partial charge is 0.332 e. The molecule has 24 heavy (non-hydrogen) atoms. The summed E-state index contributed by atoms with van der Waals surface area (Å²) in [5.41, 5.74) is 4.28. The van der Waals surface area contributed by atoms with Gasteiger partial charge in [0.1, 0.15) is 11.4 Å². The Kier molecular flexibility index (Phi) is 5.47. The highest BCUT2D eigenvalue weighted by molar-refractivity contribution is 8.00. The van der Waals surface area contributed by atoms with Crippen LogP contribution in [0, 0.1) is 0 Å². The number of thioether (sulfide) groups is 1. The number of halogens is 2. The molecule has 1 heterocycles. The molecule has 0 radical (unpaired) electrons. The normalized spacial score (nSPS) is 12.2. The molecule has 0 fully saturated rings. The Labute approximate surface area is 152 Å². The molecule has 0 saturated heterocycles. The van der Waals surface area contributed by atoms with E-state index in [1.807, 2.05) is 0 Å². The summed E-state index contributed by atoms with van der Waals surface area (Å²) in [7, 11) is 2.69. The molecular weight excluding hydrogens is 373 g/mol. The van der Waals surface area contributed by atoms with Crippen molar-refractivity contribution < 1.29 is 4.79 Å². The van der Waals surface area contributed by atoms with Crippen LogP contribution in [0.2, 0.25) is 10.0 Å². The van der Waals surface area contributed by atoms with Crippen LogP contribution < -0.4 is 17.0 Å². The highest BCUT2D eigenvalue weighted by Gasteiger charge is 2.26. The number of hydrogen-bond donors (Lipinski definition) is 1. The van der Waals surface area contributed by atoms with Crippen molar-refractivity contribution >= 4 is 46.6 Å². The summed E-state index contributed by atoms with van der Waals surface area (Å²) in [6, 6.07) is 5.01. The van der Waals surface area contributed by atoms with E-state index < -0.39 is 22.3 Å². The second-order valence-electron chi connectivity index (χ2n) is 5.14. The third kappa shape index (κ3) is 3.24. The van der Waals surface area contributed by atoms with Crippen molar-refractivity contribution in [3.63, 3.8) is 0 Å². The van der Waals surface area contributed by atoms with Gasteiger partial charge in [0.2, 0.25) is 0 Å². The number of nitrogens with zero attached hydrogens (tertiary/aromatic N) is 2. The van der Waals surface area contributed by atoms with Crippen LogP contribution in [-0.2, 0) is 14.1 Å². The van der Waals surface area contributed by atoms with E-state index in [2.05, 4.69) is 0 Å². The van der Waals surface area contributed by atoms with Gasteiger partial charge in [0.05, 0.1) is 15.3 Å². The van der Waals surface area contributed by atoms with Crippen molar-refractivity contribution in [1.82, 2.24) is 9.13 Å². The Hall–Kier alpha value is -1.70. The predicted molar refractivity (Wildman–Crippen MR) is 97.4 cm³/mol. The summed E-state index contributed by atoms with van der Waals surface area (Å²) in [5, 5.41) is 0.150. The molecular formula is C15H15Cl2N3O3S. The van der Waals surface area contributed by atoms with Gasteiger partial charge in [-0.15, -0.1) is 11.8 Å². The largest absolute Gasteiger partial charge is 0.384 e. The molecule has 2 rings (SSSR count). The van der Waals surface area contributed by atoms with E-state index in [-0.39, 0.29) is 11.4 Å². The van der Waals surface area contributed by atoms with Crippen molar-refractivity contribution in [2.45, 2.75) is 17.1 Å². The van der Waals surface area contributed by atoms with Crippen LogP contribution in [0.5, 0.6) is 0 Å². The number of ketones is 1. The number of benzene rings is 1. The highest BCUT2D eigenvalue weighted by Crippen LogP contribution is 2.37. The van der Waals surface area contributed by atoms with E-state index in [0.717, 1.165) is 20.9 Å². The molecule has 0 saturated carbocycles. The third-order valence-corrected chi connectivity index (χ3v) is 5.64. The van der Waals surface area contributed by atoms with Crippen LogP contribution in [0.1, 0.15) is 17.3 Å². The first-order chi connectivity index (χ1) is 11.2. The molecule has 2 aromatic rings. The zero-order valence-corrected chi connectivity index (χ0v) is 15.5. The summed E-state index contributed by atoms with van der Waals surface area (Å²) in [4.78, 5) is 37.4. The van der Waals surface area contributed by atoms with Gasteiger partial charge < -0.3 is 5.73 Å². The summed E-state index contributed by atoms with van der Waals surface area (Å²) in [6.45, 7) is 1.62. The summed E-state index contributed by atoms with van der Waals surface area (Å²) < 4.78 is 1.91. The summed E-state index contributed by atoms with van der Waals surface area (Å²) in [5.74, 6) is -0.657. The molecule has 0 aliphatic rings. The van der Waals surface area contributed by atoms with Gasteiger partial charge in [-0.1, -0.05) is 29.3 Å². The Bertz CT molecular complexity index is 917. The minimum atomic E-state index is -0.724. The van der Waals surface area contributed by atoms with Gasteiger partial charge in [-0.2, -0.15) is 0 Å². The van der Waals surface area contributed by atoms with Gasteiger partial charge >= 0.3 is 5.69 Å². The van der Waals surface area contributed by atoms with Crippen LogP contribution in [-0.4, -0.2) is 20.2 Å². The number of carbonyl (C=O) groups excluding carboxylic acids is 1. The zero-order chi connectivity index (χ0) is 18.2. The van der Waals surface area contributed by atoms with Gasteiger partial charge in [-0.3, -0.25) is 18.7 Å². The molecule has 0 bridgehead atoms. The van der Waals surface area contributed by atoms with Crippen LogP contribution in [0.4, 0.5) is 5.82 Å². The fourth-order valence-electron chi connectivity index (χ4n) is 2.12. The standard InChI is InChI=1S/C15H15Cl2N3O3S/c1-7(24-12-8(16)5-4-6-9(12)17)11(21)10-13(18)19(2)15(23)20(3)14(10)22/h4-7H,18H2,1-3H3/t7-/m1/s1. The van der Waals surface area contributed by atoms with Gasteiger partial charge in [0.15, 0.2) is 5.78 Å². The van der Waals surface area contributed by atoms with E-state index in [9.17, 15) is 14.4 Å². The van der Waals surface area contributed by atoms with Crippen molar-refractivity contribution in [1.29, 1.82) is 0 Å². The quantitative estimate of drug-likeness (QED) is 0.642. The molecule has 0 amide bonds. The monoisotopic (exact) mass is 387 g/mol. The van der Waals surface area contributed by atoms with Crippen molar-refractivity contribution in [3.05, 3.63) is 54.6 Å². The number of Topliss-reactive ketones (excluding diaryl/α,β-unsaturated/α-hetero) is 1. The molecule has 9 heteroatoms. The Morgan fingerprint density at radius 3 is 2.25 bits per heavy atom. The second-order valence-corrected chi connectivity index (χ2v) is 7.31. The maximum Gasteiger partial charge on any atom is 0.332 e. The lowest BCUT2D eigenvalue weighted by atomic mass is 10.1. The van der Waals surface area contributed by atoms with Crippen LogP contribution >= 0.6 is 35.0 Å². The SMILES string of the molecule is C[C@@H](Sc1c(Cl)cccc1Cl)C(=O)c1c(N)n(C)c(=O)n(C)c1=O. The van der Waals surface area contributed by atoms with Gasteiger partial charge in [-0.25, -0.2) is 4.79 Å². The first-order valence-electron chi connectivity index (χ1n) is 6.87. The Morgan fingerprint density at radius 2 is 1.71 bits per heavy atom. The molecule has 2 N–H and O–H groups in total. The fraction of sp³-hybridized carbons (Fsp3) is 0.267. The molecule has 1 aromatic heterocycles. The molecule has 1 aromatic carbocycles. The van der Waals surface area contributed by atoms with E-state index in [0.29, 0.717) is 14.9 Å². The third-order valence-electron chi connectivity index (χ3n) is 3.54.